The smallest absolute Gasteiger partial charge is 0.234 e. The third-order valence-electron chi connectivity index (χ3n) is 2.69. The molecule has 1 aromatic heterocycles. The van der Waals surface area contributed by atoms with Crippen LogP contribution >= 0.6 is 11.8 Å². The van der Waals surface area contributed by atoms with Crippen LogP contribution in [0.25, 0.3) is 0 Å². The molecule has 0 saturated carbocycles. The number of nitrogens with one attached hydrogen (secondary N) is 1. The Kier molecular flexibility index (Phi) is 4.57. The predicted octanol–water partition coefficient (Wildman–Crippen LogP) is 2.41. The van der Waals surface area contributed by atoms with Gasteiger partial charge in [-0.05, 0) is 25.5 Å². The lowest BCUT2D eigenvalue weighted by Gasteiger charge is -2.09. The number of carbonyl (C=O) groups is 1. The molecule has 0 aliphatic rings. The highest BCUT2D eigenvalue weighted by Gasteiger charge is 2.08. The zero-order valence-electron chi connectivity index (χ0n) is 11.4. The average Bonchev–Trinajstić information content (AvgIpc) is 2.41. The van der Waals surface area contributed by atoms with E-state index in [1.165, 1.54) is 23.5 Å². The van der Waals surface area contributed by atoms with Crippen molar-refractivity contribution in [2.24, 2.45) is 0 Å². The van der Waals surface area contributed by atoms with Crippen molar-refractivity contribution in [1.29, 1.82) is 0 Å². The summed E-state index contributed by atoms with van der Waals surface area (Å²) in [6.07, 6.45) is 3.08. The molecular weight excluding hydrogens is 272 g/mol. The van der Waals surface area contributed by atoms with Crippen LogP contribution in [-0.4, -0.2) is 21.6 Å². The van der Waals surface area contributed by atoms with Crippen molar-refractivity contribution in [3.8, 4) is 0 Å². The third-order valence-corrected chi connectivity index (χ3v) is 3.68. The molecule has 2 rings (SSSR count). The van der Waals surface area contributed by atoms with E-state index in [1.54, 1.807) is 6.20 Å². The van der Waals surface area contributed by atoms with Gasteiger partial charge in [-0.1, -0.05) is 29.5 Å². The molecule has 3 N–H and O–H groups in total. The Morgan fingerprint density at radius 3 is 2.75 bits per heavy atom. The van der Waals surface area contributed by atoms with Gasteiger partial charge in [-0.3, -0.25) is 4.79 Å². The van der Waals surface area contributed by atoms with E-state index in [-0.39, 0.29) is 11.7 Å². The molecule has 1 aromatic carbocycles. The molecule has 0 bridgehead atoms. The van der Waals surface area contributed by atoms with Gasteiger partial charge in [-0.25, -0.2) is 9.97 Å². The number of amides is 1. The van der Waals surface area contributed by atoms with Crippen LogP contribution in [0.3, 0.4) is 0 Å². The van der Waals surface area contributed by atoms with Crippen LogP contribution < -0.4 is 11.1 Å². The summed E-state index contributed by atoms with van der Waals surface area (Å²) in [7, 11) is 0. The number of hydrogen-bond donors (Lipinski definition) is 2. The first-order valence-corrected chi connectivity index (χ1v) is 7.11. The number of anilines is 2. The van der Waals surface area contributed by atoms with Crippen LogP contribution in [0, 0.1) is 13.8 Å². The van der Waals surface area contributed by atoms with E-state index >= 15 is 0 Å². The Morgan fingerprint density at radius 2 is 2.05 bits per heavy atom. The van der Waals surface area contributed by atoms with Gasteiger partial charge in [0, 0.05) is 18.1 Å². The van der Waals surface area contributed by atoms with Crippen LogP contribution in [0.15, 0.2) is 35.6 Å². The molecule has 0 spiro atoms. The molecule has 1 amide bonds. The highest BCUT2D eigenvalue weighted by Crippen LogP contribution is 2.21. The minimum atomic E-state index is -0.0907. The molecule has 104 valence electrons. The molecule has 5 nitrogen and oxygen atoms in total. The second kappa shape index (κ2) is 6.38. The first kappa shape index (κ1) is 14.3. The minimum Gasteiger partial charge on any atom is -0.381 e. The molecule has 0 aliphatic heterocycles. The maximum atomic E-state index is 11.9. The quantitative estimate of drug-likeness (QED) is 0.844. The van der Waals surface area contributed by atoms with Crippen molar-refractivity contribution in [3.05, 3.63) is 41.7 Å². The number of thioether (sulfide) groups is 1. The summed E-state index contributed by atoms with van der Waals surface area (Å²) in [5.74, 6) is 0.500. The highest BCUT2D eigenvalue weighted by molar-refractivity contribution is 8.00. The second-order valence-electron chi connectivity index (χ2n) is 4.40. The molecule has 0 atom stereocenters. The van der Waals surface area contributed by atoms with E-state index in [0.717, 1.165) is 11.3 Å². The zero-order valence-corrected chi connectivity index (χ0v) is 12.2. The molecule has 6 heteroatoms. The van der Waals surface area contributed by atoms with Gasteiger partial charge >= 0.3 is 0 Å². The number of nitrogens with zero attached hydrogens (tertiary/aromatic N) is 2. The number of nitrogens with two attached hydrogens (primary N) is 1. The molecule has 0 radical (unpaired) electrons. The van der Waals surface area contributed by atoms with E-state index in [2.05, 4.69) is 15.3 Å². The van der Waals surface area contributed by atoms with Gasteiger partial charge in [0.1, 0.15) is 5.03 Å². The van der Waals surface area contributed by atoms with Crippen LogP contribution in [0.1, 0.15) is 11.1 Å². The van der Waals surface area contributed by atoms with Crippen LogP contribution in [-0.2, 0) is 4.79 Å². The molecule has 2 aromatic rings. The lowest BCUT2D eigenvalue weighted by Crippen LogP contribution is -2.15. The van der Waals surface area contributed by atoms with E-state index in [4.69, 9.17) is 5.73 Å². The molecule has 1 heterocycles. The SMILES string of the molecule is Cc1ccc(NC(=O)CSc2nccnc2N)c(C)c1. The largest absolute Gasteiger partial charge is 0.381 e. The Balaban J connectivity index is 1.94. The number of rotatable bonds is 4. The highest BCUT2D eigenvalue weighted by atomic mass is 32.2. The fourth-order valence-corrected chi connectivity index (χ4v) is 2.40. The number of aromatic nitrogens is 2. The van der Waals surface area contributed by atoms with Crippen molar-refractivity contribution in [1.82, 2.24) is 9.97 Å². The third kappa shape index (κ3) is 3.71. The van der Waals surface area contributed by atoms with E-state index in [0.29, 0.717) is 10.8 Å². The fraction of sp³-hybridized carbons (Fsp3) is 0.214. The number of hydrogen-bond acceptors (Lipinski definition) is 5. The van der Waals surface area contributed by atoms with Crippen LogP contribution in [0.4, 0.5) is 11.5 Å². The monoisotopic (exact) mass is 288 g/mol. The van der Waals surface area contributed by atoms with Gasteiger partial charge in [0.2, 0.25) is 5.91 Å². The fourth-order valence-electron chi connectivity index (χ4n) is 1.72. The number of benzene rings is 1. The molecule has 20 heavy (non-hydrogen) atoms. The van der Waals surface area contributed by atoms with Gasteiger partial charge in [0.05, 0.1) is 5.75 Å². The van der Waals surface area contributed by atoms with Crippen molar-refractivity contribution < 1.29 is 4.79 Å². The average molecular weight is 288 g/mol. The Labute approximate surface area is 122 Å². The molecule has 0 unspecified atom stereocenters. The van der Waals surface area contributed by atoms with Gasteiger partial charge in [-0.2, -0.15) is 0 Å². The van der Waals surface area contributed by atoms with Crippen molar-refractivity contribution >= 4 is 29.2 Å². The van der Waals surface area contributed by atoms with E-state index in [9.17, 15) is 4.79 Å². The summed E-state index contributed by atoms with van der Waals surface area (Å²) >= 11 is 1.27. The summed E-state index contributed by atoms with van der Waals surface area (Å²) in [6, 6.07) is 5.91. The second-order valence-corrected chi connectivity index (χ2v) is 5.37. The Hall–Kier alpha value is -2.08. The molecular formula is C14H16N4OS. The van der Waals surface area contributed by atoms with Gasteiger partial charge in [0.25, 0.3) is 0 Å². The first-order valence-electron chi connectivity index (χ1n) is 6.12. The topological polar surface area (TPSA) is 80.9 Å². The van der Waals surface area contributed by atoms with E-state index < -0.39 is 0 Å². The maximum Gasteiger partial charge on any atom is 0.234 e. The van der Waals surface area contributed by atoms with Gasteiger partial charge in [-0.15, -0.1) is 0 Å². The van der Waals surface area contributed by atoms with Crippen molar-refractivity contribution in [2.45, 2.75) is 18.9 Å². The number of carbonyl (C=O) groups excluding carboxylic acids is 1. The van der Waals surface area contributed by atoms with Gasteiger partial charge < -0.3 is 11.1 Å². The standard InChI is InChI=1S/C14H16N4OS/c1-9-3-4-11(10(2)7-9)18-12(19)8-20-14-13(15)16-5-6-17-14/h3-7H,8H2,1-2H3,(H2,15,16)(H,18,19). The first-order chi connectivity index (χ1) is 9.56. The summed E-state index contributed by atoms with van der Waals surface area (Å²) in [6.45, 7) is 3.99. The van der Waals surface area contributed by atoms with Crippen LogP contribution in [0.2, 0.25) is 0 Å². The lowest BCUT2D eigenvalue weighted by molar-refractivity contribution is -0.113. The molecule has 0 saturated heterocycles. The number of aryl methyl sites for hydroxylation is 2. The lowest BCUT2D eigenvalue weighted by atomic mass is 10.1. The molecule has 0 fully saturated rings. The normalized spacial score (nSPS) is 10.3. The number of nitrogen functional groups attached to an aromatic ring is 1. The Morgan fingerprint density at radius 1 is 1.30 bits per heavy atom. The van der Waals surface area contributed by atoms with Gasteiger partial charge in [0.15, 0.2) is 5.82 Å². The summed E-state index contributed by atoms with van der Waals surface area (Å²) in [5.41, 5.74) is 8.71. The minimum absolute atomic E-state index is 0.0907. The summed E-state index contributed by atoms with van der Waals surface area (Å²) in [5, 5.41) is 3.45. The Bertz CT molecular complexity index is 630. The van der Waals surface area contributed by atoms with Crippen molar-refractivity contribution in [3.63, 3.8) is 0 Å². The zero-order chi connectivity index (χ0) is 14.5. The maximum absolute atomic E-state index is 11.9. The van der Waals surface area contributed by atoms with Crippen molar-refractivity contribution in [2.75, 3.05) is 16.8 Å². The summed E-state index contributed by atoms with van der Waals surface area (Å²) in [4.78, 5) is 19.9. The summed E-state index contributed by atoms with van der Waals surface area (Å²) < 4.78 is 0. The predicted molar refractivity (Wildman–Crippen MR) is 81.7 cm³/mol. The molecule has 0 aliphatic carbocycles. The van der Waals surface area contributed by atoms with Crippen LogP contribution in [0.5, 0.6) is 0 Å². The van der Waals surface area contributed by atoms with E-state index in [1.807, 2.05) is 32.0 Å².